The fourth-order valence-electron chi connectivity index (χ4n) is 8.47. The van der Waals surface area contributed by atoms with Gasteiger partial charge in [0.25, 0.3) is 0 Å². The summed E-state index contributed by atoms with van der Waals surface area (Å²) < 4.78 is 0. The molecule has 4 amide bonds. The second-order valence-corrected chi connectivity index (χ2v) is 15.8. The largest absolute Gasteiger partial charge is 0.353 e. The molecular formula is C43H60N8O4. The number of likely N-dealkylation sites (N-methyl/N-ethyl adjacent to an activating group) is 2. The molecule has 0 unspecified atom stereocenters. The molecule has 0 aliphatic carbocycles. The van der Waals surface area contributed by atoms with Gasteiger partial charge in [0.05, 0.1) is 23.5 Å². The Morgan fingerprint density at radius 3 is 1.60 bits per heavy atom. The second-order valence-electron chi connectivity index (χ2n) is 15.8. The van der Waals surface area contributed by atoms with Gasteiger partial charge in [0.1, 0.15) is 12.1 Å². The maximum absolute atomic E-state index is 14.2. The van der Waals surface area contributed by atoms with Crippen molar-refractivity contribution in [1.29, 1.82) is 0 Å². The molecule has 0 spiro atoms. The predicted octanol–water partition coefficient (Wildman–Crippen LogP) is 4.63. The molecule has 6 rings (SSSR count). The second kappa shape index (κ2) is 17.4. The lowest BCUT2D eigenvalue weighted by atomic mass is 9.94. The Morgan fingerprint density at radius 2 is 1.15 bits per heavy atom. The van der Waals surface area contributed by atoms with Gasteiger partial charge in [0, 0.05) is 47.0 Å². The van der Waals surface area contributed by atoms with Crippen LogP contribution in [0.25, 0.3) is 33.2 Å². The number of nitrogens with zero attached hydrogens (tertiary/aromatic N) is 2. The first kappa shape index (κ1) is 40.0. The molecule has 2 aliphatic rings. The minimum Gasteiger partial charge on any atom is -0.353 e. The fraction of sp³-hybridized carbons (Fsp3) is 0.535. The molecule has 296 valence electrons. The number of para-hydroxylation sites is 2. The van der Waals surface area contributed by atoms with E-state index < -0.39 is 24.2 Å². The smallest absolute Gasteiger partial charge is 0.245 e. The third-order valence-electron chi connectivity index (χ3n) is 12.0. The summed E-state index contributed by atoms with van der Waals surface area (Å²) >= 11 is 0. The van der Waals surface area contributed by atoms with Crippen LogP contribution < -0.4 is 21.3 Å². The summed E-state index contributed by atoms with van der Waals surface area (Å²) in [5.41, 5.74) is 6.34. The number of amides is 4. The van der Waals surface area contributed by atoms with Gasteiger partial charge in [-0.25, -0.2) is 0 Å². The standard InChI is InChI=1S/C43H60N8O4/c1-8-34(48-40(52)26(4)44-6)42(54)50-21-13-15-28(50)23-32-30-17-9-11-19-35(30)46-38(32)39-33(31-18-10-12-20-36(31)47-39)24-29-16-14-22-51(29)43(55)37(25(2)3)49-41(53)27(5)45-7/h9-12,17-20,25-29,34,37,44-47H,8,13-16,21-24H2,1-7H3,(H,48,52)(H,49,53)/t26-,27-,28-,29-,34-,37-/m0/s1. The number of fused-ring (bicyclic) bond motifs is 2. The molecule has 2 fully saturated rings. The predicted molar refractivity (Wildman–Crippen MR) is 219 cm³/mol. The fourth-order valence-corrected chi connectivity index (χ4v) is 8.47. The van der Waals surface area contributed by atoms with Crippen LogP contribution in [0.3, 0.4) is 0 Å². The zero-order valence-corrected chi connectivity index (χ0v) is 33.6. The van der Waals surface area contributed by atoms with E-state index in [0.29, 0.717) is 32.4 Å². The highest BCUT2D eigenvalue weighted by atomic mass is 16.2. The Labute approximate surface area is 324 Å². The molecule has 0 radical (unpaired) electrons. The molecule has 4 heterocycles. The van der Waals surface area contributed by atoms with Crippen molar-refractivity contribution in [3.05, 3.63) is 59.7 Å². The van der Waals surface area contributed by atoms with E-state index >= 15 is 0 Å². The third kappa shape index (κ3) is 8.30. The monoisotopic (exact) mass is 752 g/mol. The molecule has 6 atom stereocenters. The van der Waals surface area contributed by atoms with E-state index in [4.69, 9.17) is 0 Å². The lowest BCUT2D eigenvalue weighted by Crippen LogP contribution is -2.55. The molecule has 4 aromatic rings. The Balaban J connectivity index is 1.34. The molecule has 2 aromatic heterocycles. The van der Waals surface area contributed by atoms with Gasteiger partial charge in [-0.05, 0) is 102 Å². The molecule has 2 aliphatic heterocycles. The highest BCUT2D eigenvalue weighted by Gasteiger charge is 2.38. The van der Waals surface area contributed by atoms with E-state index in [2.05, 4.69) is 67.6 Å². The van der Waals surface area contributed by atoms with E-state index in [9.17, 15) is 19.2 Å². The van der Waals surface area contributed by atoms with Crippen molar-refractivity contribution in [2.75, 3.05) is 27.2 Å². The summed E-state index contributed by atoms with van der Waals surface area (Å²) in [4.78, 5) is 65.5. The number of rotatable bonds is 15. The van der Waals surface area contributed by atoms with Crippen molar-refractivity contribution in [1.82, 2.24) is 41.0 Å². The number of aromatic nitrogens is 2. The van der Waals surface area contributed by atoms with E-state index in [-0.39, 0.29) is 41.6 Å². The number of aromatic amines is 2. The van der Waals surface area contributed by atoms with Gasteiger partial charge < -0.3 is 41.0 Å². The van der Waals surface area contributed by atoms with Crippen LogP contribution in [0.5, 0.6) is 0 Å². The van der Waals surface area contributed by atoms with Gasteiger partial charge >= 0.3 is 0 Å². The Bertz CT molecular complexity index is 2000. The van der Waals surface area contributed by atoms with Crippen LogP contribution in [-0.2, 0) is 32.0 Å². The van der Waals surface area contributed by atoms with Crippen molar-refractivity contribution in [3.8, 4) is 11.4 Å². The molecule has 6 N–H and O–H groups in total. The third-order valence-corrected chi connectivity index (χ3v) is 12.0. The summed E-state index contributed by atoms with van der Waals surface area (Å²) in [6.45, 7) is 10.8. The van der Waals surface area contributed by atoms with E-state index in [1.54, 1.807) is 27.9 Å². The summed E-state index contributed by atoms with van der Waals surface area (Å²) in [7, 11) is 3.48. The van der Waals surface area contributed by atoms with E-state index in [1.165, 1.54) is 0 Å². The van der Waals surface area contributed by atoms with Crippen LogP contribution in [-0.4, -0.2) is 107 Å². The van der Waals surface area contributed by atoms with E-state index in [0.717, 1.165) is 70.0 Å². The highest BCUT2D eigenvalue weighted by Crippen LogP contribution is 2.39. The molecule has 12 heteroatoms. The summed E-state index contributed by atoms with van der Waals surface area (Å²) in [5, 5.41) is 14.2. The minimum atomic E-state index is -0.615. The van der Waals surface area contributed by atoms with Gasteiger partial charge in [0.15, 0.2) is 0 Å². The van der Waals surface area contributed by atoms with Crippen molar-refractivity contribution < 1.29 is 19.2 Å². The maximum Gasteiger partial charge on any atom is 0.245 e. The molecule has 55 heavy (non-hydrogen) atoms. The average Bonchev–Trinajstić information content (AvgIpc) is 4.00. The van der Waals surface area contributed by atoms with Crippen molar-refractivity contribution >= 4 is 45.4 Å². The quantitative estimate of drug-likeness (QED) is 0.104. The van der Waals surface area contributed by atoms with Crippen molar-refractivity contribution in [2.24, 2.45) is 5.92 Å². The van der Waals surface area contributed by atoms with Gasteiger partial charge in [0.2, 0.25) is 23.6 Å². The topological polar surface area (TPSA) is 154 Å². The number of hydrogen-bond acceptors (Lipinski definition) is 6. The molecule has 0 bridgehead atoms. The number of likely N-dealkylation sites (tertiary alicyclic amines) is 2. The number of benzene rings is 2. The molecule has 12 nitrogen and oxygen atoms in total. The maximum atomic E-state index is 14.2. The number of hydrogen-bond donors (Lipinski definition) is 6. The zero-order valence-electron chi connectivity index (χ0n) is 33.6. The SMILES string of the molecule is CC[C@H](NC(=O)[C@H](C)NC)C(=O)N1CCC[C@H]1Cc1c(-c2[nH]c3ccccc3c2C[C@@H]2CCCN2C(=O)[C@@H](NC(=O)[C@H](C)NC)C(C)C)[nH]c2ccccc12. The number of H-pyrrole nitrogens is 2. The van der Waals surface area contributed by atoms with Crippen LogP contribution in [0.2, 0.25) is 0 Å². The molecule has 2 saturated heterocycles. The van der Waals surface area contributed by atoms with Gasteiger partial charge in [-0.2, -0.15) is 0 Å². The van der Waals surface area contributed by atoms with Crippen LogP contribution in [0.15, 0.2) is 48.5 Å². The van der Waals surface area contributed by atoms with Gasteiger partial charge in [-0.1, -0.05) is 57.2 Å². The summed E-state index contributed by atoms with van der Waals surface area (Å²) in [6.07, 6.45) is 5.38. The number of nitrogens with one attached hydrogen (secondary N) is 6. The lowest BCUT2D eigenvalue weighted by Gasteiger charge is -2.32. The van der Waals surface area contributed by atoms with Crippen LogP contribution in [0.4, 0.5) is 0 Å². The van der Waals surface area contributed by atoms with E-state index in [1.807, 2.05) is 42.7 Å². The first-order valence-electron chi connectivity index (χ1n) is 20.2. The minimum absolute atomic E-state index is 0.0253. The van der Waals surface area contributed by atoms with Crippen LogP contribution >= 0.6 is 0 Å². The number of carbonyl (C=O) groups is 4. The first-order valence-corrected chi connectivity index (χ1v) is 20.2. The molecule has 0 saturated carbocycles. The van der Waals surface area contributed by atoms with Crippen molar-refractivity contribution in [2.45, 2.75) is 116 Å². The molecule has 2 aromatic carbocycles. The van der Waals surface area contributed by atoms with Crippen molar-refractivity contribution in [3.63, 3.8) is 0 Å². The summed E-state index contributed by atoms with van der Waals surface area (Å²) in [6, 6.07) is 14.6. The van der Waals surface area contributed by atoms with Crippen LogP contribution in [0, 0.1) is 5.92 Å². The van der Waals surface area contributed by atoms with Crippen LogP contribution in [0.1, 0.15) is 77.8 Å². The molecular weight excluding hydrogens is 693 g/mol. The number of carbonyl (C=O) groups excluding carboxylic acids is 4. The Kier molecular flexibility index (Phi) is 12.7. The normalized spacial score (nSPS) is 19.6. The summed E-state index contributed by atoms with van der Waals surface area (Å²) in [5.74, 6) is -0.496. The highest BCUT2D eigenvalue weighted by molar-refractivity contribution is 5.97. The Hall–Kier alpha value is -4.68. The Morgan fingerprint density at radius 1 is 0.691 bits per heavy atom. The van der Waals surface area contributed by atoms with Gasteiger partial charge in [-0.15, -0.1) is 0 Å². The average molecular weight is 753 g/mol. The zero-order chi connectivity index (χ0) is 39.4. The lowest BCUT2D eigenvalue weighted by molar-refractivity contribution is -0.138. The first-order chi connectivity index (χ1) is 26.5. The van der Waals surface area contributed by atoms with Gasteiger partial charge in [-0.3, -0.25) is 19.2 Å².